The van der Waals surface area contributed by atoms with Gasteiger partial charge in [0.2, 0.25) is 0 Å². The van der Waals surface area contributed by atoms with Gasteiger partial charge in [0.25, 0.3) is 0 Å². The third-order valence-corrected chi connectivity index (χ3v) is 4.21. The maximum atomic E-state index is 12.1. The second kappa shape index (κ2) is 8.05. The fraction of sp³-hybridized carbons (Fsp3) is 0.500. The van der Waals surface area contributed by atoms with Crippen molar-refractivity contribution in [3.8, 4) is 5.75 Å². The van der Waals surface area contributed by atoms with Crippen LogP contribution in [0, 0.1) is 0 Å². The van der Waals surface area contributed by atoms with E-state index in [-0.39, 0.29) is 11.1 Å². The van der Waals surface area contributed by atoms with Crippen LogP contribution in [0.2, 0.25) is 5.02 Å². The van der Waals surface area contributed by atoms with E-state index in [1.807, 2.05) is 12.1 Å². The number of unbranched alkanes of at least 4 members (excludes halogenated alkanes) is 1. The van der Waals surface area contributed by atoms with Gasteiger partial charge in [0, 0.05) is 5.39 Å². The predicted octanol–water partition coefficient (Wildman–Crippen LogP) is 5.54. The molecule has 2 aromatic rings. The van der Waals surface area contributed by atoms with Crippen LogP contribution in [-0.2, 0) is 10.2 Å². The van der Waals surface area contributed by atoms with Gasteiger partial charge >= 0.3 is 5.97 Å². The minimum atomic E-state index is -0.463. The Kier molecular flexibility index (Phi) is 6.28. The lowest BCUT2D eigenvalue weighted by atomic mass is 9.85. The normalized spacial score (nSPS) is 11.6. The number of esters is 1. The third kappa shape index (κ3) is 4.63. The molecule has 2 rings (SSSR count). The number of rotatable bonds is 6. The van der Waals surface area contributed by atoms with Gasteiger partial charge in [-0.3, -0.25) is 0 Å². The summed E-state index contributed by atoms with van der Waals surface area (Å²) >= 11 is 6.46. The topological polar surface area (TPSA) is 48.4 Å². The molecule has 1 aromatic heterocycles. The molecule has 25 heavy (non-hydrogen) atoms. The van der Waals surface area contributed by atoms with Gasteiger partial charge in [-0.15, -0.1) is 0 Å². The lowest BCUT2D eigenvalue weighted by Gasteiger charge is -2.22. The molecule has 0 saturated heterocycles. The molecule has 0 aliphatic carbocycles. The summed E-state index contributed by atoms with van der Waals surface area (Å²) in [6.45, 7) is 11.2. The molecular formula is C20H26ClNO3. The van der Waals surface area contributed by atoms with Gasteiger partial charge in [0.15, 0.2) is 5.69 Å². The van der Waals surface area contributed by atoms with Crippen molar-refractivity contribution in [1.29, 1.82) is 0 Å². The second-order valence-corrected chi connectivity index (χ2v) is 7.44. The maximum absolute atomic E-state index is 12.1. The molecule has 0 aliphatic rings. The molecule has 0 saturated carbocycles. The number of aromatic nitrogens is 1. The number of hydrogen-bond acceptors (Lipinski definition) is 4. The molecule has 5 heteroatoms. The van der Waals surface area contributed by atoms with Crippen LogP contribution in [0.5, 0.6) is 5.75 Å². The van der Waals surface area contributed by atoms with Gasteiger partial charge in [-0.2, -0.15) is 0 Å². The Morgan fingerprint density at radius 1 is 1.20 bits per heavy atom. The summed E-state index contributed by atoms with van der Waals surface area (Å²) < 4.78 is 10.9. The molecule has 0 atom stereocenters. The lowest BCUT2D eigenvalue weighted by molar-refractivity contribution is 0.0520. The highest BCUT2D eigenvalue weighted by Gasteiger charge is 2.22. The summed E-state index contributed by atoms with van der Waals surface area (Å²) in [5.41, 5.74) is 1.76. The van der Waals surface area contributed by atoms with E-state index >= 15 is 0 Å². The van der Waals surface area contributed by atoms with E-state index in [1.54, 1.807) is 13.0 Å². The molecule has 0 N–H and O–H groups in total. The highest BCUT2D eigenvalue weighted by Crippen LogP contribution is 2.36. The van der Waals surface area contributed by atoms with E-state index in [0.29, 0.717) is 23.8 Å². The summed E-state index contributed by atoms with van der Waals surface area (Å²) in [6, 6.07) is 5.45. The van der Waals surface area contributed by atoms with Gasteiger partial charge in [0.05, 0.1) is 23.8 Å². The van der Waals surface area contributed by atoms with Crippen LogP contribution in [0.3, 0.4) is 0 Å². The van der Waals surface area contributed by atoms with Crippen molar-refractivity contribution >= 4 is 28.5 Å². The van der Waals surface area contributed by atoms with Crippen molar-refractivity contribution in [1.82, 2.24) is 4.98 Å². The van der Waals surface area contributed by atoms with Crippen LogP contribution in [0.25, 0.3) is 10.9 Å². The van der Waals surface area contributed by atoms with Crippen LogP contribution in [0.1, 0.15) is 63.5 Å². The SMILES string of the molecule is CCCCOc1cc(C(C)(C)C)c2nc(C(=O)OCC)cc(Cl)c2c1. The van der Waals surface area contributed by atoms with Gasteiger partial charge < -0.3 is 9.47 Å². The molecule has 0 amide bonds. The van der Waals surface area contributed by atoms with Crippen LogP contribution in [0.15, 0.2) is 18.2 Å². The van der Waals surface area contributed by atoms with Gasteiger partial charge in [-0.25, -0.2) is 9.78 Å². The number of ether oxygens (including phenoxy) is 2. The van der Waals surface area contributed by atoms with Crippen LogP contribution in [-0.4, -0.2) is 24.2 Å². The van der Waals surface area contributed by atoms with E-state index in [2.05, 4.69) is 32.7 Å². The zero-order valence-electron chi connectivity index (χ0n) is 15.6. The number of carbonyl (C=O) groups excluding carboxylic acids is 1. The molecular weight excluding hydrogens is 338 g/mol. The number of halogens is 1. The Morgan fingerprint density at radius 3 is 2.52 bits per heavy atom. The standard InChI is InChI=1S/C20H26ClNO3/c1-6-8-9-25-13-10-14-16(21)12-17(19(23)24-7-2)22-18(14)15(11-13)20(3,4)5/h10-12H,6-9H2,1-5H3. The molecule has 0 aliphatic heterocycles. The molecule has 0 spiro atoms. The predicted molar refractivity (Wildman–Crippen MR) is 102 cm³/mol. The summed E-state index contributed by atoms with van der Waals surface area (Å²) in [4.78, 5) is 16.6. The van der Waals surface area contributed by atoms with Crippen LogP contribution < -0.4 is 4.74 Å². The Bertz CT molecular complexity index is 766. The Balaban J connectivity index is 2.61. The highest BCUT2D eigenvalue weighted by atomic mass is 35.5. The van der Waals surface area contributed by atoms with Crippen LogP contribution >= 0.6 is 11.6 Å². The molecule has 0 radical (unpaired) electrons. The molecule has 1 aromatic carbocycles. The van der Waals surface area contributed by atoms with Crippen molar-refractivity contribution in [2.45, 2.75) is 52.9 Å². The third-order valence-electron chi connectivity index (χ3n) is 3.90. The largest absolute Gasteiger partial charge is 0.494 e. The zero-order valence-corrected chi connectivity index (χ0v) is 16.4. The Labute approximate surface area is 154 Å². The molecule has 1 heterocycles. The number of carbonyl (C=O) groups is 1. The van der Waals surface area contributed by atoms with E-state index in [9.17, 15) is 4.79 Å². The van der Waals surface area contributed by atoms with Gasteiger partial charge in [-0.05, 0) is 42.5 Å². The second-order valence-electron chi connectivity index (χ2n) is 7.03. The number of pyridine rings is 1. The Morgan fingerprint density at radius 2 is 1.92 bits per heavy atom. The molecule has 4 nitrogen and oxygen atoms in total. The number of nitrogens with zero attached hydrogens (tertiary/aromatic N) is 1. The van der Waals surface area contributed by atoms with E-state index in [4.69, 9.17) is 21.1 Å². The quantitative estimate of drug-likeness (QED) is 0.499. The first-order chi connectivity index (χ1) is 11.8. The minimum absolute atomic E-state index is 0.175. The average molecular weight is 364 g/mol. The molecule has 136 valence electrons. The average Bonchev–Trinajstić information content (AvgIpc) is 2.54. The summed E-state index contributed by atoms with van der Waals surface area (Å²) in [5.74, 6) is 0.313. The first-order valence-corrected chi connectivity index (χ1v) is 9.10. The van der Waals surface area contributed by atoms with Crippen molar-refractivity contribution < 1.29 is 14.3 Å². The number of benzene rings is 1. The molecule has 0 fully saturated rings. The Hall–Kier alpha value is -1.81. The van der Waals surface area contributed by atoms with E-state index < -0.39 is 5.97 Å². The molecule has 0 unspecified atom stereocenters. The van der Waals surface area contributed by atoms with Crippen molar-refractivity contribution in [2.75, 3.05) is 13.2 Å². The fourth-order valence-electron chi connectivity index (χ4n) is 2.56. The van der Waals surface area contributed by atoms with Gasteiger partial charge in [-0.1, -0.05) is 45.7 Å². The lowest BCUT2D eigenvalue weighted by Crippen LogP contribution is -2.14. The molecule has 0 bridgehead atoms. The van der Waals surface area contributed by atoms with Crippen LogP contribution in [0.4, 0.5) is 0 Å². The monoisotopic (exact) mass is 363 g/mol. The zero-order chi connectivity index (χ0) is 18.6. The summed E-state index contributed by atoms with van der Waals surface area (Å²) in [5, 5.41) is 1.26. The minimum Gasteiger partial charge on any atom is -0.494 e. The van der Waals surface area contributed by atoms with Crippen molar-refractivity contribution in [2.24, 2.45) is 0 Å². The highest BCUT2D eigenvalue weighted by molar-refractivity contribution is 6.35. The van der Waals surface area contributed by atoms with Crippen molar-refractivity contribution in [3.63, 3.8) is 0 Å². The van der Waals surface area contributed by atoms with Gasteiger partial charge in [0.1, 0.15) is 5.75 Å². The maximum Gasteiger partial charge on any atom is 0.356 e. The van der Waals surface area contributed by atoms with Crippen molar-refractivity contribution in [3.05, 3.63) is 34.5 Å². The fourth-order valence-corrected chi connectivity index (χ4v) is 2.81. The van der Waals surface area contributed by atoms with E-state index in [0.717, 1.165) is 29.5 Å². The summed E-state index contributed by atoms with van der Waals surface area (Å²) in [7, 11) is 0. The van der Waals surface area contributed by atoms with E-state index in [1.165, 1.54) is 0 Å². The number of fused-ring (bicyclic) bond motifs is 1. The first-order valence-electron chi connectivity index (χ1n) is 8.72. The summed E-state index contributed by atoms with van der Waals surface area (Å²) in [6.07, 6.45) is 2.07. The first kappa shape index (κ1) is 19.5. The smallest absolute Gasteiger partial charge is 0.356 e. The number of hydrogen-bond donors (Lipinski definition) is 0.